The molecule has 0 bridgehead atoms. The third kappa shape index (κ3) is 3.81. The van der Waals surface area contributed by atoms with Crippen molar-refractivity contribution in [1.29, 1.82) is 0 Å². The van der Waals surface area contributed by atoms with Crippen molar-refractivity contribution in [3.05, 3.63) is 66.0 Å². The van der Waals surface area contributed by atoms with E-state index in [9.17, 15) is 13.6 Å². The van der Waals surface area contributed by atoms with Crippen LogP contribution in [0, 0.1) is 11.6 Å². The van der Waals surface area contributed by atoms with Gasteiger partial charge in [0.2, 0.25) is 0 Å². The average molecular weight is 451 g/mol. The number of carbonyl (C=O) groups is 1. The van der Waals surface area contributed by atoms with Crippen molar-refractivity contribution >= 4 is 22.9 Å². The number of benzene rings is 2. The Hall–Kier alpha value is -4.15. The van der Waals surface area contributed by atoms with E-state index in [4.69, 9.17) is 4.74 Å². The molecular formula is C22H19F2N7O2. The molecule has 1 aliphatic rings. The van der Waals surface area contributed by atoms with Crippen LogP contribution in [0.1, 0.15) is 10.4 Å². The Bertz CT molecular complexity index is 1340. The number of anilines is 1. The fourth-order valence-electron chi connectivity index (χ4n) is 3.82. The number of carbonyl (C=O) groups excluding carboxylic acids is 1. The largest absolute Gasteiger partial charge is 0.497 e. The summed E-state index contributed by atoms with van der Waals surface area (Å²) >= 11 is 0. The normalized spacial score (nSPS) is 14.0. The van der Waals surface area contributed by atoms with Crippen molar-refractivity contribution in [2.24, 2.45) is 0 Å². The number of amides is 1. The number of nitrogens with zero attached hydrogens (tertiary/aromatic N) is 7. The highest BCUT2D eigenvalue weighted by Crippen LogP contribution is 2.25. The predicted octanol–water partition coefficient (Wildman–Crippen LogP) is 2.46. The molecule has 0 aliphatic carbocycles. The molecule has 9 nitrogen and oxygen atoms in total. The van der Waals surface area contributed by atoms with Crippen LogP contribution in [-0.4, -0.2) is 69.1 Å². The maximum Gasteiger partial charge on any atom is 0.254 e. The van der Waals surface area contributed by atoms with Crippen LogP contribution in [0.2, 0.25) is 0 Å². The van der Waals surface area contributed by atoms with E-state index in [1.165, 1.54) is 12.4 Å². The maximum atomic E-state index is 13.5. The monoisotopic (exact) mass is 451 g/mol. The summed E-state index contributed by atoms with van der Waals surface area (Å²) in [5.74, 6) is -1.06. The lowest BCUT2D eigenvalue weighted by molar-refractivity contribution is 0.0746. The summed E-state index contributed by atoms with van der Waals surface area (Å²) in [6.45, 7) is 1.78. The van der Waals surface area contributed by atoms with E-state index >= 15 is 0 Å². The lowest BCUT2D eigenvalue weighted by atomic mass is 10.1. The first-order valence-corrected chi connectivity index (χ1v) is 10.3. The summed E-state index contributed by atoms with van der Waals surface area (Å²) in [5.41, 5.74) is 1.96. The third-order valence-corrected chi connectivity index (χ3v) is 5.55. The molecule has 5 rings (SSSR count). The van der Waals surface area contributed by atoms with Crippen molar-refractivity contribution in [2.45, 2.75) is 0 Å². The lowest BCUT2D eigenvalue weighted by Crippen LogP contribution is -2.49. The number of piperazine rings is 1. The van der Waals surface area contributed by atoms with E-state index in [1.807, 2.05) is 29.2 Å². The molecule has 33 heavy (non-hydrogen) atoms. The molecule has 0 atom stereocenters. The first-order valence-electron chi connectivity index (χ1n) is 10.3. The zero-order chi connectivity index (χ0) is 22.9. The molecule has 1 amide bonds. The molecule has 4 aromatic rings. The zero-order valence-corrected chi connectivity index (χ0v) is 17.7. The van der Waals surface area contributed by atoms with E-state index in [1.54, 1.807) is 16.7 Å². The van der Waals surface area contributed by atoms with Crippen LogP contribution in [0.3, 0.4) is 0 Å². The van der Waals surface area contributed by atoms with Crippen LogP contribution in [0.5, 0.6) is 5.75 Å². The lowest BCUT2D eigenvalue weighted by Gasteiger charge is -2.35. The molecule has 168 valence electrons. The number of fused-ring (bicyclic) bond motifs is 1. The summed E-state index contributed by atoms with van der Waals surface area (Å²) in [5, 5.41) is 8.54. The first-order chi connectivity index (χ1) is 16.0. The van der Waals surface area contributed by atoms with Gasteiger partial charge < -0.3 is 14.5 Å². The first kappa shape index (κ1) is 20.7. The van der Waals surface area contributed by atoms with Crippen molar-refractivity contribution in [1.82, 2.24) is 29.9 Å². The van der Waals surface area contributed by atoms with Gasteiger partial charge >= 0.3 is 0 Å². The minimum absolute atomic E-state index is 0.119. The molecule has 1 saturated heterocycles. The fourth-order valence-corrected chi connectivity index (χ4v) is 3.82. The second kappa shape index (κ2) is 8.41. The van der Waals surface area contributed by atoms with Gasteiger partial charge in [0.05, 0.1) is 12.8 Å². The second-order valence-electron chi connectivity index (χ2n) is 7.48. The predicted molar refractivity (Wildman–Crippen MR) is 115 cm³/mol. The van der Waals surface area contributed by atoms with E-state index in [0.29, 0.717) is 48.9 Å². The molecule has 2 aromatic heterocycles. The molecule has 11 heteroatoms. The Morgan fingerprint density at radius 1 is 1.00 bits per heavy atom. The van der Waals surface area contributed by atoms with E-state index in [0.717, 1.165) is 17.8 Å². The van der Waals surface area contributed by atoms with E-state index < -0.39 is 11.6 Å². The molecule has 1 aliphatic heterocycles. The van der Waals surface area contributed by atoms with Crippen LogP contribution in [0.4, 0.5) is 14.6 Å². The van der Waals surface area contributed by atoms with Gasteiger partial charge in [-0.2, -0.15) is 4.68 Å². The van der Waals surface area contributed by atoms with Crippen LogP contribution < -0.4 is 9.64 Å². The summed E-state index contributed by atoms with van der Waals surface area (Å²) in [4.78, 5) is 25.1. The SMILES string of the molecule is COc1cccc(-n2nnc3c(N4CCN(C(=O)c5ccc(F)c(F)c5)CC4)ncnc32)c1. The van der Waals surface area contributed by atoms with Gasteiger partial charge in [0, 0.05) is 37.8 Å². The van der Waals surface area contributed by atoms with Gasteiger partial charge in [0.15, 0.2) is 28.6 Å². The average Bonchev–Trinajstić information content (AvgIpc) is 3.30. The molecule has 0 unspecified atom stereocenters. The van der Waals surface area contributed by atoms with Gasteiger partial charge in [-0.1, -0.05) is 11.3 Å². The Morgan fingerprint density at radius 3 is 2.58 bits per heavy atom. The fraction of sp³-hybridized carbons (Fsp3) is 0.227. The van der Waals surface area contributed by atoms with Gasteiger partial charge in [0.25, 0.3) is 5.91 Å². The molecule has 1 fully saturated rings. The number of ether oxygens (including phenoxy) is 1. The minimum Gasteiger partial charge on any atom is -0.497 e. The summed E-state index contributed by atoms with van der Waals surface area (Å²) in [6, 6.07) is 10.6. The molecule has 0 N–H and O–H groups in total. The van der Waals surface area contributed by atoms with E-state index in [-0.39, 0.29) is 11.5 Å². The number of methoxy groups -OCH3 is 1. The number of hydrogen-bond acceptors (Lipinski definition) is 7. The van der Waals surface area contributed by atoms with Crippen LogP contribution >= 0.6 is 0 Å². The second-order valence-corrected chi connectivity index (χ2v) is 7.48. The summed E-state index contributed by atoms with van der Waals surface area (Å²) < 4.78 is 33.6. The molecule has 3 heterocycles. The van der Waals surface area contributed by atoms with Crippen molar-refractivity contribution < 1.29 is 18.3 Å². The highest BCUT2D eigenvalue weighted by Gasteiger charge is 2.26. The van der Waals surface area contributed by atoms with E-state index in [2.05, 4.69) is 20.3 Å². The standard InChI is InChI=1S/C22H19F2N7O2/c1-33-16-4-2-3-15(12-16)31-21-19(27-28-31)20(25-13-26-21)29-7-9-30(10-8-29)22(32)14-5-6-17(23)18(24)11-14/h2-6,11-13H,7-10H2,1H3. The highest BCUT2D eigenvalue weighted by atomic mass is 19.2. The third-order valence-electron chi connectivity index (χ3n) is 5.55. The van der Waals surface area contributed by atoms with Gasteiger partial charge in [-0.15, -0.1) is 5.10 Å². The summed E-state index contributed by atoms with van der Waals surface area (Å²) in [6.07, 6.45) is 1.45. The highest BCUT2D eigenvalue weighted by molar-refractivity contribution is 5.94. The van der Waals surface area contributed by atoms with Crippen molar-refractivity contribution in [3.63, 3.8) is 0 Å². The summed E-state index contributed by atoms with van der Waals surface area (Å²) in [7, 11) is 1.59. The maximum absolute atomic E-state index is 13.5. The van der Waals surface area contributed by atoms with Crippen molar-refractivity contribution in [2.75, 3.05) is 38.2 Å². The van der Waals surface area contributed by atoms with Crippen LogP contribution in [0.15, 0.2) is 48.8 Å². The van der Waals surface area contributed by atoms with Gasteiger partial charge in [0.1, 0.15) is 12.1 Å². The number of aromatic nitrogens is 5. The quantitative estimate of drug-likeness (QED) is 0.471. The van der Waals surface area contributed by atoms with Gasteiger partial charge in [-0.25, -0.2) is 18.7 Å². The Morgan fingerprint density at radius 2 is 1.82 bits per heavy atom. The number of halogens is 2. The molecule has 0 saturated carbocycles. The number of rotatable bonds is 4. The van der Waals surface area contributed by atoms with Crippen LogP contribution in [0.25, 0.3) is 16.9 Å². The van der Waals surface area contributed by atoms with Crippen LogP contribution in [-0.2, 0) is 0 Å². The van der Waals surface area contributed by atoms with Gasteiger partial charge in [-0.05, 0) is 30.3 Å². The smallest absolute Gasteiger partial charge is 0.254 e. The molecule has 0 spiro atoms. The molecular weight excluding hydrogens is 432 g/mol. The Balaban J connectivity index is 1.36. The molecule has 0 radical (unpaired) electrons. The van der Waals surface area contributed by atoms with Gasteiger partial charge in [-0.3, -0.25) is 4.79 Å². The Labute approximate surface area is 187 Å². The minimum atomic E-state index is -1.04. The number of hydrogen-bond donors (Lipinski definition) is 0. The zero-order valence-electron chi connectivity index (χ0n) is 17.7. The topological polar surface area (TPSA) is 89.3 Å². The van der Waals surface area contributed by atoms with Crippen molar-refractivity contribution in [3.8, 4) is 11.4 Å². The molecule has 2 aromatic carbocycles. The Kier molecular flexibility index (Phi) is 5.29.